The van der Waals surface area contributed by atoms with Crippen molar-refractivity contribution in [2.75, 3.05) is 23.9 Å². The molecule has 0 saturated heterocycles. The molecule has 5 nitrogen and oxygen atoms in total. The Hall–Kier alpha value is -2.40. The molecule has 2 rings (SSSR count). The zero-order valence-electron chi connectivity index (χ0n) is 10.8. The van der Waals surface area contributed by atoms with Gasteiger partial charge in [-0.1, -0.05) is 11.6 Å². The van der Waals surface area contributed by atoms with Gasteiger partial charge in [0.05, 0.1) is 17.7 Å². The van der Waals surface area contributed by atoms with E-state index in [0.717, 1.165) is 0 Å². The van der Waals surface area contributed by atoms with Crippen LogP contribution >= 0.6 is 11.6 Å². The highest BCUT2D eigenvalue weighted by Crippen LogP contribution is 2.27. The van der Waals surface area contributed by atoms with Gasteiger partial charge in [0.1, 0.15) is 5.75 Å². The number of nitrogens with one attached hydrogen (secondary N) is 1. The monoisotopic (exact) mass is 291 g/mol. The predicted octanol–water partition coefficient (Wildman–Crippen LogP) is 2.77. The maximum Gasteiger partial charge on any atom is 0.257 e. The molecule has 0 fully saturated rings. The standard InChI is InChI=1S/C14H14ClN3O2/c1-20-13-5-3-9(7-11(13)15)18-14(19)10-4-2-8(16)6-12(10)17/h2-7H,16-17H2,1H3,(H,18,19). The highest BCUT2D eigenvalue weighted by atomic mass is 35.5. The van der Waals surface area contributed by atoms with Gasteiger partial charge in [-0.3, -0.25) is 4.79 Å². The summed E-state index contributed by atoms with van der Waals surface area (Å²) in [6.45, 7) is 0. The van der Waals surface area contributed by atoms with Gasteiger partial charge < -0.3 is 21.5 Å². The summed E-state index contributed by atoms with van der Waals surface area (Å²) in [5.41, 5.74) is 13.1. The average molecular weight is 292 g/mol. The fraction of sp³-hybridized carbons (Fsp3) is 0.0714. The van der Waals surface area contributed by atoms with E-state index in [-0.39, 0.29) is 5.91 Å². The molecule has 2 aromatic carbocycles. The van der Waals surface area contributed by atoms with Crippen molar-refractivity contribution in [3.05, 3.63) is 47.0 Å². The molecule has 6 heteroatoms. The van der Waals surface area contributed by atoms with Crippen LogP contribution < -0.4 is 21.5 Å². The molecule has 20 heavy (non-hydrogen) atoms. The number of benzene rings is 2. The summed E-state index contributed by atoms with van der Waals surface area (Å²) in [6, 6.07) is 9.69. The third-order valence-electron chi connectivity index (χ3n) is 2.73. The topological polar surface area (TPSA) is 90.4 Å². The van der Waals surface area contributed by atoms with E-state index >= 15 is 0 Å². The largest absolute Gasteiger partial charge is 0.495 e. The molecular weight excluding hydrogens is 278 g/mol. The first-order valence-corrected chi connectivity index (χ1v) is 6.19. The second kappa shape index (κ2) is 5.71. The van der Waals surface area contributed by atoms with Gasteiger partial charge in [0.2, 0.25) is 0 Å². The molecule has 104 valence electrons. The molecule has 0 radical (unpaired) electrons. The van der Waals surface area contributed by atoms with E-state index in [9.17, 15) is 4.79 Å². The Kier molecular flexibility index (Phi) is 4.00. The van der Waals surface area contributed by atoms with Crippen LogP contribution in [-0.2, 0) is 0 Å². The van der Waals surface area contributed by atoms with E-state index in [1.165, 1.54) is 13.2 Å². The highest BCUT2D eigenvalue weighted by molar-refractivity contribution is 6.32. The van der Waals surface area contributed by atoms with Gasteiger partial charge in [0.15, 0.2) is 0 Å². The lowest BCUT2D eigenvalue weighted by molar-refractivity contribution is 0.102. The lowest BCUT2D eigenvalue weighted by Crippen LogP contribution is -2.14. The molecule has 0 unspecified atom stereocenters. The van der Waals surface area contributed by atoms with Crippen LogP contribution in [0.3, 0.4) is 0 Å². The number of rotatable bonds is 3. The normalized spacial score (nSPS) is 10.1. The van der Waals surface area contributed by atoms with E-state index in [1.807, 2.05) is 0 Å². The summed E-state index contributed by atoms with van der Waals surface area (Å²) in [7, 11) is 1.52. The number of carbonyl (C=O) groups is 1. The van der Waals surface area contributed by atoms with Gasteiger partial charge in [-0.2, -0.15) is 0 Å². The third kappa shape index (κ3) is 2.95. The Balaban J connectivity index is 2.21. The second-order valence-electron chi connectivity index (χ2n) is 4.15. The van der Waals surface area contributed by atoms with E-state index in [4.69, 9.17) is 27.8 Å². The van der Waals surface area contributed by atoms with Crippen molar-refractivity contribution in [3.8, 4) is 5.75 Å². The van der Waals surface area contributed by atoms with Crippen LogP contribution in [0.1, 0.15) is 10.4 Å². The summed E-state index contributed by atoms with van der Waals surface area (Å²) in [5, 5.41) is 3.12. The van der Waals surface area contributed by atoms with Gasteiger partial charge >= 0.3 is 0 Å². The highest BCUT2D eigenvalue weighted by Gasteiger charge is 2.11. The molecular formula is C14H14ClN3O2. The van der Waals surface area contributed by atoms with Gasteiger partial charge in [-0.15, -0.1) is 0 Å². The number of ether oxygens (including phenoxy) is 1. The Morgan fingerprint density at radius 1 is 1.20 bits per heavy atom. The zero-order valence-corrected chi connectivity index (χ0v) is 11.6. The Bertz CT molecular complexity index is 659. The van der Waals surface area contributed by atoms with Crippen molar-refractivity contribution in [1.82, 2.24) is 0 Å². The molecule has 0 atom stereocenters. The molecule has 2 aromatic rings. The SMILES string of the molecule is COc1ccc(NC(=O)c2ccc(N)cc2N)cc1Cl. The van der Waals surface area contributed by atoms with Crippen LogP contribution in [0, 0.1) is 0 Å². The first-order chi connectivity index (χ1) is 9.51. The molecule has 0 aromatic heterocycles. The molecule has 0 heterocycles. The summed E-state index contributed by atoms with van der Waals surface area (Å²) >= 11 is 5.99. The summed E-state index contributed by atoms with van der Waals surface area (Å²) in [6.07, 6.45) is 0. The molecule has 0 bridgehead atoms. The minimum Gasteiger partial charge on any atom is -0.495 e. The van der Waals surface area contributed by atoms with Gasteiger partial charge in [0.25, 0.3) is 5.91 Å². The van der Waals surface area contributed by atoms with Crippen molar-refractivity contribution < 1.29 is 9.53 Å². The van der Waals surface area contributed by atoms with Crippen molar-refractivity contribution in [3.63, 3.8) is 0 Å². The number of amides is 1. The van der Waals surface area contributed by atoms with Gasteiger partial charge in [-0.05, 0) is 36.4 Å². The van der Waals surface area contributed by atoms with Crippen molar-refractivity contribution >= 4 is 34.6 Å². The second-order valence-corrected chi connectivity index (χ2v) is 4.56. The molecule has 0 spiro atoms. The lowest BCUT2D eigenvalue weighted by Gasteiger charge is -2.09. The first kappa shape index (κ1) is 14.0. The lowest BCUT2D eigenvalue weighted by atomic mass is 10.1. The van der Waals surface area contributed by atoms with E-state index in [2.05, 4.69) is 5.32 Å². The number of hydrogen-bond donors (Lipinski definition) is 3. The number of halogens is 1. The van der Waals surface area contributed by atoms with Crippen LogP contribution in [0.4, 0.5) is 17.1 Å². The minimum absolute atomic E-state index is 0.321. The summed E-state index contributed by atoms with van der Waals surface area (Å²) in [4.78, 5) is 12.1. The maximum absolute atomic E-state index is 12.1. The van der Waals surface area contributed by atoms with Crippen LogP contribution in [0.5, 0.6) is 5.75 Å². The third-order valence-corrected chi connectivity index (χ3v) is 3.03. The first-order valence-electron chi connectivity index (χ1n) is 5.81. The Morgan fingerprint density at radius 3 is 2.55 bits per heavy atom. The van der Waals surface area contributed by atoms with Crippen LogP contribution in [0.2, 0.25) is 5.02 Å². The van der Waals surface area contributed by atoms with Crippen LogP contribution in [-0.4, -0.2) is 13.0 Å². The molecule has 0 aliphatic carbocycles. The number of nitrogens with two attached hydrogens (primary N) is 2. The van der Waals surface area contributed by atoms with Crippen LogP contribution in [0.15, 0.2) is 36.4 Å². The Labute approximate surface area is 121 Å². The number of methoxy groups -OCH3 is 1. The molecule has 0 saturated carbocycles. The number of nitrogen functional groups attached to an aromatic ring is 2. The quantitative estimate of drug-likeness (QED) is 0.758. The van der Waals surface area contributed by atoms with E-state index in [1.54, 1.807) is 30.3 Å². The van der Waals surface area contributed by atoms with Crippen LogP contribution in [0.25, 0.3) is 0 Å². The smallest absolute Gasteiger partial charge is 0.257 e. The number of anilines is 3. The van der Waals surface area contributed by atoms with Gasteiger partial charge in [0, 0.05) is 17.1 Å². The average Bonchev–Trinajstić information content (AvgIpc) is 2.38. The van der Waals surface area contributed by atoms with E-state index < -0.39 is 0 Å². The maximum atomic E-state index is 12.1. The number of hydrogen-bond acceptors (Lipinski definition) is 4. The van der Waals surface area contributed by atoms with E-state index in [0.29, 0.717) is 33.4 Å². The number of carbonyl (C=O) groups excluding carboxylic acids is 1. The van der Waals surface area contributed by atoms with Crippen molar-refractivity contribution in [1.29, 1.82) is 0 Å². The zero-order chi connectivity index (χ0) is 14.7. The van der Waals surface area contributed by atoms with Gasteiger partial charge in [-0.25, -0.2) is 0 Å². The fourth-order valence-electron chi connectivity index (χ4n) is 1.73. The molecule has 1 amide bonds. The molecule has 0 aliphatic heterocycles. The van der Waals surface area contributed by atoms with Crippen molar-refractivity contribution in [2.45, 2.75) is 0 Å². The fourth-order valence-corrected chi connectivity index (χ4v) is 1.99. The molecule has 5 N–H and O–H groups in total. The van der Waals surface area contributed by atoms with Crippen molar-refractivity contribution in [2.24, 2.45) is 0 Å². The molecule has 0 aliphatic rings. The minimum atomic E-state index is -0.330. The summed E-state index contributed by atoms with van der Waals surface area (Å²) in [5.74, 6) is 0.209. The Morgan fingerprint density at radius 2 is 1.95 bits per heavy atom. The summed E-state index contributed by atoms with van der Waals surface area (Å²) < 4.78 is 5.04. The predicted molar refractivity (Wildman–Crippen MR) is 81.2 cm³/mol.